The number of nitrogens with one attached hydrogen (secondary N) is 2. The number of carbonyl (C=O) groups excluding carboxylic acids is 2. The summed E-state index contributed by atoms with van der Waals surface area (Å²) in [7, 11) is -2.42. The summed E-state index contributed by atoms with van der Waals surface area (Å²) in [4.78, 5) is 25.2. The van der Waals surface area contributed by atoms with Crippen LogP contribution in [0.25, 0.3) is 0 Å². The number of methoxy groups -OCH3 is 1. The molecule has 9 heteroatoms. The lowest BCUT2D eigenvalue weighted by Gasteiger charge is -2.32. The van der Waals surface area contributed by atoms with E-state index < -0.39 is 15.9 Å². The van der Waals surface area contributed by atoms with E-state index in [1.54, 1.807) is 24.3 Å². The molecule has 1 saturated heterocycles. The Bertz CT molecular complexity index is 1160. The van der Waals surface area contributed by atoms with Crippen LogP contribution in [0.15, 0.2) is 47.4 Å². The van der Waals surface area contributed by atoms with E-state index in [2.05, 4.69) is 10.6 Å². The van der Waals surface area contributed by atoms with Gasteiger partial charge in [0.1, 0.15) is 10.6 Å². The van der Waals surface area contributed by atoms with E-state index in [-0.39, 0.29) is 34.2 Å². The topological polar surface area (TPSA) is 105 Å². The van der Waals surface area contributed by atoms with Crippen LogP contribution in [0.3, 0.4) is 0 Å². The van der Waals surface area contributed by atoms with Crippen molar-refractivity contribution in [1.82, 2.24) is 9.62 Å². The fraction of sp³-hybridized carbons (Fsp3) is 0.417. The van der Waals surface area contributed by atoms with Crippen LogP contribution >= 0.6 is 0 Å². The van der Waals surface area contributed by atoms with Gasteiger partial charge in [-0.2, -0.15) is 4.31 Å². The molecule has 1 aliphatic heterocycles. The van der Waals surface area contributed by atoms with Gasteiger partial charge in [-0.1, -0.05) is 12.5 Å². The van der Waals surface area contributed by atoms with Crippen molar-refractivity contribution in [2.24, 2.45) is 0 Å². The van der Waals surface area contributed by atoms with Gasteiger partial charge in [0, 0.05) is 35.4 Å². The third-order valence-electron chi connectivity index (χ3n) is 6.05. The van der Waals surface area contributed by atoms with Gasteiger partial charge in [-0.15, -0.1) is 0 Å². The van der Waals surface area contributed by atoms with E-state index in [1.165, 1.54) is 29.6 Å². The van der Waals surface area contributed by atoms with Crippen molar-refractivity contribution < 1.29 is 22.7 Å². The summed E-state index contributed by atoms with van der Waals surface area (Å²) in [6.45, 7) is 2.34. The molecule has 4 rings (SSSR count). The average Bonchev–Trinajstić information content (AvgIpc) is 3.63. The first-order chi connectivity index (χ1) is 15.8. The fourth-order valence-corrected chi connectivity index (χ4v) is 5.90. The second-order valence-corrected chi connectivity index (χ2v) is 10.5. The van der Waals surface area contributed by atoms with Gasteiger partial charge in [-0.3, -0.25) is 9.59 Å². The third-order valence-corrected chi connectivity index (χ3v) is 8.08. The highest BCUT2D eigenvalue weighted by Gasteiger charge is 2.33. The number of piperidine rings is 1. The zero-order valence-corrected chi connectivity index (χ0v) is 19.7. The number of hydrogen-bond donors (Lipinski definition) is 2. The molecule has 2 N–H and O–H groups in total. The van der Waals surface area contributed by atoms with Gasteiger partial charge in [0.25, 0.3) is 11.8 Å². The van der Waals surface area contributed by atoms with Crippen molar-refractivity contribution in [3.8, 4) is 5.75 Å². The number of hydrogen-bond acceptors (Lipinski definition) is 5. The summed E-state index contributed by atoms with van der Waals surface area (Å²) >= 11 is 0. The fourth-order valence-electron chi connectivity index (χ4n) is 4.01. The Morgan fingerprint density at radius 1 is 1.00 bits per heavy atom. The molecule has 2 aromatic rings. The van der Waals surface area contributed by atoms with Crippen molar-refractivity contribution in [2.45, 2.75) is 56.0 Å². The smallest absolute Gasteiger partial charge is 0.255 e. The molecule has 2 aliphatic rings. The van der Waals surface area contributed by atoms with Crippen LogP contribution in [0.2, 0.25) is 0 Å². The van der Waals surface area contributed by atoms with E-state index in [4.69, 9.17) is 4.74 Å². The molecule has 33 heavy (non-hydrogen) atoms. The number of anilines is 1. The maximum atomic E-state index is 13.4. The first kappa shape index (κ1) is 23.3. The molecule has 8 nitrogen and oxygen atoms in total. The quantitative estimate of drug-likeness (QED) is 0.644. The zero-order chi connectivity index (χ0) is 23.6. The molecular weight excluding hydrogens is 442 g/mol. The monoisotopic (exact) mass is 471 g/mol. The lowest BCUT2D eigenvalue weighted by molar-refractivity contribution is 0.0949. The van der Waals surface area contributed by atoms with E-state index in [0.717, 1.165) is 32.1 Å². The van der Waals surface area contributed by atoms with Crippen LogP contribution < -0.4 is 15.4 Å². The third kappa shape index (κ3) is 5.20. The van der Waals surface area contributed by atoms with Crippen molar-refractivity contribution in [1.29, 1.82) is 0 Å². The Labute approximate surface area is 194 Å². The number of benzene rings is 2. The van der Waals surface area contributed by atoms with Gasteiger partial charge < -0.3 is 15.4 Å². The summed E-state index contributed by atoms with van der Waals surface area (Å²) in [5.41, 5.74) is 1.09. The van der Waals surface area contributed by atoms with E-state index in [9.17, 15) is 18.0 Å². The van der Waals surface area contributed by atoms with Crippen LogP contribution in [0.4, 0.5) is 5.69 Å². The number of rotatable bonds is 7. The van der Waals surface area contributed by atoms with Gasteiger partial charge in [-0.25, -0.2) is 8.42 Å². The van der Waals surface area contributed by atoms with Crippen molar-refractivity contribution in [2.75, 3.05) is 19.0 Å². The van der Waals surface area contributed by atoms with E-state index >= 15 is 0 Å². The molecular formula is C24H29N3O5S. The minimum Gasteiger partial charge on any atom is -0.495 e. The molecule has 176 valence electrons. The van der Waals surface area contributed by atoms with Gasteiger partial charge >= 0.3 is 0 Å². The van der Waals surface area contributed by atoms with Crippen LogP contribution in [0, 0.1) is 0 Å². The molecule has 1 unspecified atom stereocenters. The number of carbonyl (C=O) groups is 2. The Morgan fingerprint density at radius 3 is 2.45 bits per heavy atom. The Morgan fingerprint density at radius 2 is 1.76 bits per heavy atom. The first-order valence-corrected chi connectivity index (χ1v) is 12.7. The molecule has 1 aliphatic carbocycles. The molecule has 1 atom stereocenters. The highest BCUT2D eigenvalue weighted by Crippen LogP contribution is 2.32. The molecule has 2 fully saturated rings. The first-order valence-electron chi connectivity index (χ1n) is 11.2. The van der Waals surface area contributed by atoms with Crippen LogP contribution in [0.1, 0.15) is 59.7 Å². The molecule has 1 saturated carbocycles. The number of amides is 2. The number of nitrogens with zero attached hydrogens (tertiary/aromatic N) is 1. The second kappa shape index (κ2) is 9.52. The standard InChI is InChI=1S/C24H29N3O5S/c1-16-6-3-4-13-27(16)33(30,31)22-15-18(9-12-21(22)32-2)24(29)26-20-8-5-7-17(14-20)23(28)25-19-10-11-19/h5,7-9,12,14-16,19H,3-4,6,10-11,13H2,1-2H3,(H,25,28)(H,26,29). The molecule has 0 bridgehead atoms. The maximum Gasteiger partial charge on any atom is 0.255 e. The average molecular weight is 472 g/mol. The van der Waals surface area contributed by atoms with Crippen LogP contribution in [-0.4, -0.2) is 50.3 Å². The van der Waals surface area contributed by atoms with Gasteiger partial charge in [-0.05, 0) is 69.0 Å². The van der Waals surface area contributed by atoms with Crippen molar-refractivity contribution >= 4 is 27.5 Å². The van der Waals surface area contributed by atoms with E-state index in [0.29, 0.717) is 17.8 Å². The van der Waals surface area contributed by atoms with Crippen LogP contribution in [0.5, 0.6) is 5.75 Å². The Balaban J connectivity index is 1.57. The number of ether oxygens (including phenoxy) is 1. The largest absolute Gasteiger partial charge is 0.495 e. The maximum absolute atomic E-state index is 13.4. The number of sulfonamides is 1. The predicted molar refractivity (Wildman–Crippen MR) is 125 cm³/mol. The van der Waals surface area contributed by atoms with Gasteiger partial charge in [0.15, 0.2) is 0 Å². The van der Waals surface area contributed by atoms with E-state index in [1.807, 2.05) is 6.92 Å². The predicted octanol–water partition coefficient (Wildman–Crippen LogP) is 3.40. The molecule has 1 heterocycles. The molecule has 2 amide bonds. The Hall–Kier alpha value is -2.91. The van der Waals surface area contributed by atoms with Gasteiger partial charge in [0.2, 0.25) is 10.0 Å². The summed E-state index contributed by atoms with van der Waals surface area (Å²) < 4.78 is 33.6. The minimum atomic E-state index is -3.83. The summed E-state index contributed by atoms with van der Waals surface area (Å²) in [5, 5.41) is 5.68. The minimum absolute atomic E-state index is 0.0241. The highest BCUT2D eigenvalue weighted by molar-refractivity contribution is 7.89. The Kier molecular flexibility index (Phi) is 6.71. The molecule has 2 aromatic carbocycles. The van der Waals surface area contributed by atoms with Crippen molar-refractivity contribution in [3.05, 3.63) is 53.6 Å². The normalized spacial score (nSPS) is 19.0. The molecule has 0 aromatic heterocycles. The summed E-state index contributed by atoms with van der Waals surface area (Å²) in [5.74, 6) is -0.453. The van der Waals surface area contributed by atoms with Gasteiger partial charge in [0.05, 0.1) is 7.11 Å². The molecule has 0 radical (unpaired) electrons. The summed E-state index contributed by atoms with van der Waals surface area (Å²) in [6.07, 6.45) is 4.57. The summed E-state index contributed by atoms with van der Waals surface area (Å²) in [6, 6.07) is 11.2. The SMILES string of the molecule is COc1ccc(C(=O)Nc2cccc(C(=O)NC3CC3)c2)cc1S(=O)(=O)N1CCCCC1C. The highest BCUT2D eigenvalue weighted by atomic mass is 32.2. The molecule has 0 spiro atoms. The second-order valence-electron chi connectivity index (χ2n) is 8.61. The van der Waals surface area contributed by atoms with Crippen LogP contribution in [-0.2, 0) is 10.0 Å². The van der Waals surface area contributed by atoms with Crippen molar-refractivity contribution in [3.63, 3.8) is 0 Å². The lowest BCUT2D eigenvalue weighted by Crippen LogP contribution is -2.42. The zero-order valence-electron chi connectivity index (χ0n) is 18.8. The lowest BCUT2D eigenvalue weighted by atomic mass is 10.1.